The van der Waals surface area contributed by atoms with Gasteiger partial charge in [-0.05, 0) is 38.1 Å². The van der Waals surface area contributed by atoms with Crippen LogP contribution in [0.1, 0.15) is 17.0 Å². The largest absolute Gasteiger partial charge is 0.497 e. The zero-order chi connectivity index (χ0) is 17.1. The fraction of sp³-hybridized carbons (Fsp3) is 0.235. The van der Waals surface area contributed by atoms with Gasteiger partial charge in [-0.25, -0.2) is 4.98 Å². The number of hydrogen-bond donors (Lipinski definition) is 2. The van der Waals surface area contributed by atoms with E-state index in [1.807, 2.05) is 44.2 Å². The van der Waals surface area contributed by atoms with E-state index < -0.39 is 0 Å². The summed E-state index contributed by atoms with van der Waals surface area (Å²) in [6, 6.07) is 9.50. The third-order valence-electron chi connectivity index (χ3n) is 3.78. The minimum Gasteiger partial charge on any atom is -0.497 e. The predicted molar refractivity (Wildman–Crippen MR) is 91.7 cm³/mol. The van der Waals surface area contributed by atoms with Crippen molar-refractivity contribution in [2.45, 2.75) is 20.4 Å². The lowest BCUT2D eigenvalue weighted by molar-refractivity contribution is 0.414. The predicted octanol–water partition coefficient (Wildman–Crippen LogP) is 2.95. The summed E-state index contributed by atoms with van der Waals surface area (Å²) >= 11 is 0. The molecule has 2 heterocycles. The minimum atomic E-state index is 0.250. The average Bonchev–Trinajstić information content (AvgIpc) is 3.06. The van der Waals surface area contributed by atoms with Crippen LogP contribution < -0.4 is 15.8 Å². The SMILES string of the molecule is COc1ccc(-c2cc(CNc3nc(N)nc(C)c3C)no2)cc1. The monoisotopic (exact) mass is 325 g/mol. The Morgan fingerprint density at radius 1 is 1.17 bits per heavy atom. The van der Waals surface area contributed by atoms with Crippen molar-refractivity contribution in [2.24, 2.45) is 0 Å². The summed E-state index contributed by atoms with van der Waals surface area (Å²) in [5.41, 5.74) is 9.22. The van der Waals surface area contributed by atoms with Crippen molar-refractivity contribution in [3.8, 4) is 17.1 Å². The number of nitrogens with zero attached hydrogens (tertiary/aromatic N) is 3. The van der Waals surface area contributed by atoms with Gasteiger partial charge in [0, 0.05) is 22.9 Å². The van der Waals surface area contributed by atoms with Gasteiger partial charge in [0.25, 0.3) is 0 Å². The quantitative estimate of drug-likeness (QED) is 0.744. The molecule has 3 aromatic rings. The maximum atomic E-state index is 5.69. The van der Waals surface area contributed by atoms with Crippen molar-refractivity contribution in [3.63, 3.8) is 0 Å². The zero-order valence-corrected chi connectivity index (χ0v) is 13.8. The second-order valence-corrected chi connectivity index (χ2v) is 5.41. The van der Waals surface area contributed by atoms with Crippen LogP contribution in [0.4, 0.5) is 11.8 Å². The molecule has 0 atom stereocenters. The Labute approximate surface area is 139 Å². The van der Waals surface area contributed by atoms with E-state index in [1.165, 1.54) is 0 Å². The molecule has 0 spiro atoms. The van der Waals surface area contributed by atoms with Crippen LogP contribution in [-0.4, -0.2) is 22.2 Å². The van der Waals surface area contributed by atoms with Crippen molar-refractivity contribution in [1.82, 2.24) is 15.1 Å². The highest BCUT2D eigenvalue weighted by atomic mass is 16.5. The lowest BCUT2D eigenvalue weighted by Gasteiger charge is -2.09. The first-order valence-corrected chi connectivity index (χ1v) is 7.51. The fourth-order valence-electron chi connectivity index (χ4n) is 2.28. The first kappa shape index (κ1) is 15.8. The van der Waals surface area contributed by atoms with Crippen molar-refractivity contribution in [2.75, 3.05) is 18.2 Å². The van der Waals surface area contributed by atoms with E-state index in [1.54, 1.807) is 7.11 Å². The summed E-state index contributed by atoms with van der Waals surface area (Å²) in [5, 5.41) is 7.30. The summed E-state index contributed by atoms with van der Waals surface area (Å²) in [7, 11) is 1.64. The van der Waals surface area contributed by atoms with Gasteiger partial charge in [-0.15, -0.1) is 0 Å². The normalized spacial score (nSPS) is 10.6. The van der Waals surface area contributed by atoms with Crippen molar-refractivity contribution in [1.29, 1.82) is 0 Å². The topological polar surface area (TPSA) is 99.1 Å². The smallest absolute Gasteiger partial charge is 0.222 e. The molecule has 0 aliphatic rings. The Morgan fingerprint density at radius 3 is 2.62 bits per heavy atom. The lowest BCUT2D eigenvalue weighted by Crippen LogP contribution is -2.08. The Hall–Kier alpha value is -3.09. The van der Waals surface area contributed by atoms with Gasteiger partial charge in [-0.2, -0.15) is 4.98 Å². The zero-order valence-electron chi connectivity index (χ0n) is 13.8. The molecule has 0 bridgehead atoms. The van der Waals surface area contributed by atoms with Gasteiger partial charge in [0.05, 0.1) is 13.7 Å². The molecule has 0 aliphatic carbocycles. The number of nitrogens with two attached hydrogens (primary N) is 1. The number of benzene rings is 1. The van der Waals surface area contributed by atoms with Crippen LogP contribution in [0.3, 0.4) is 0 Å². The van der Waals surface area contributed by atoms with Gasteiger partial charge in [0.1, 0.15) is 17.3 Å². The molecule has 3 N–H and O–H groups in total. The molecule has 1 aromatic carbocycles. The first-order chi connectivity index (χ1) is 11.6. The maximum absolute atomic E-state index is 5.69. The number of nitrogens with one attached hydrogen (secondary N) is 1. The van der Waals surface area contributed by atoms with Crippen LogP contribution in [-0.2, 0) is 6.54 Å². The van der Waals surface area contributed by atoms with Crippen LogP contribution in [0, 0.1) is 13.8 Å². The van der Waals surface area contributed by atoms with Gasteiger partial charge in [0.15, 0.2) is 5.76 Å². The molecule has 0 unspecified atom stereocenters. The molecule has 0 aliphatic heterocycles. The van der Waals surface area contributed by atoms with E-state index in [-0.39, 0.29) is 5.95 Å². The summed E-state index contributed by atoms with van der Waals surface area (Å²) in [5.74, 6) is 2.45. The van der Waals surface area contributed by atoms with Crippen LogP contribution in [0.25, 0.3) is 11.3 Å². The Balaban J connectivity index is 1.72. The standard InChI is InChI=1S/C17H19N5O2/c1-10-11(2)20-17(18)21-16(10)19-9-13-8-15(24-22-13)12-4-6-14(23-3)7-5-12/h4-8H,9H2,1-3H3,(H3,18,19,20,21). The second kappa shape index (κ2) is 6.57. The molecule has 3 rings (SSSR count). The minimum absolute atomic E-state index is 0.250. The molecule has 7 heteroatoms. The van der Waals surface area contributed by atoms with E-state index in [9.17, 15) is 0 Å². The molecule has 0 fully saturated rings. The number of ether oxygens (including phenoxy) is 1. The second-order valence-electron chi connectivity index (χ2n) is 5.41. The van der Waals surface area contributed by atoms with Crippen LogP contribution in [0.2, 0.25) is 0 Å². The number of methoxy groups -OCH3 is 1. The molecule has 7 nitrogen and oxygen atoms in total. The summed E-state index contributed by atoms with van der Waals surface area (Å²) < 4.78 is 10.6. The number of anilines is 2. The molecule has 0 saturated heterocycles. The Morgan fingerprint density at radius 2 is 1.92 bits per heavy atom. The molecule has 124 valence electrons. The summed E-state index contributed by atoms with van der Waals surface area (Å²) in [6.45, 7) is 4.33. The average molecular weight is 325 g/mol. The van der Waals surface area contributed by atoms with E-state index in [4.69, 9.17) is 15.0 Å². The highest BCUT2D eigenvalue weighted by Gasteiger charge is 2.10. The lowest BCUT2D eigenvalue weighted by atomic mass is 10.1. The van der Waals surface area contributed by atoms with Crippen molar-refractivity contribution in [3.05, 3.63) is 47.3 Å². The molecular formula is C17H19N5O2. The highest BCUT2D eigenvalue weighted by Crippen LogP contribution is 2.23. The molecule has 0 radical (unpaired) electrons. The maximum Gasteiger partial charge on any atom is 0.222 e. The van der Waals surface area contributed by atoms with Gasteiger partial charge < -0.3 is 20.3 Å². The number of rotatable bonds is 5. The van der Waals surface area contributed by atoms with E-state index in [0.717, 1.165) is 28.3 Å². The molecule has 0 saturated carbocycles. The van der Waals surface area contributed by atoms with Crippen LogP contribution in [0.5, 0.6) is 5.75 Å². The van der Waals surface area contributed by atoms with E-state index in [2.05, 4.69) is 20.4 Å². The molecule has 0 amide bonds. The van der Waals surface area contributed by atoms with Crippen molar-refractivity contribution >= 4 is 11.8 Å². The van der Waals surface area contributed by atoms with Gasteiger partial charge in [-0.3, -0.25) is 0 Å². The molecule has 24 heavy (non-hydrogen) atoms. The third kappa shape index (κ3) is 3.29. The van der Waals surface area contributed by atoms with Gasteiger partial charge >= 0.3 is 0 Å². The molecular weight excluding hydrogens is 306 g/mol. The Bertz CT molecular complexity index is 843. The van der Waals surface area contributed by atoms with Gasteiger partial charge in [-0.1, -0.05) is 5.16 Å². The van der Waals surface area contributed by atoms with Gasteiger partial charge in [0.2, 0.25) is 5.95 Å². The van der Waals surface area contributed by atoms with E-state index >= 15 is 0 Å². The summed E-state index contributed by atoms with van der Waals surface area (Å²) in [6.07, 6.45) is 0. The number of nitrogen functional groups attached to an aromatic ring is 1. The third-order valence-corrected chi connectivity index (χ3v) is 3.78. The summed E-state index contributed by atoms with van der Waals surface area (Å²) in [4.78, 5) is 8.34. The molecule has 2 aromatic heterocycles. The van der Waals surface area contributed by atoms with E-state index in [0.29, 0.717) is 18.1 Å². The van der Waals surface area contributed by atoms with Crippen LogP contribution >= 0.6 is 0 Å². The first-order valence-electron chi connectivity index (χ1n) is 7.51. The van der Waals surface area contributed by atoms with Crippen molar-refractivity contribution < 1.29 is 9.26 Å². The fourth-order valence-corrected chi connectivity index (χ4v) is 2.28. The number of aryl methyl sites for hydroxylation is 1. The highest BCUT2D eigenvalue weighted by molar-refractivity contribution is 5.58. The Kier molecular flexibility index (Phi) is 4.33. The number of hydrogen-bond acceptors (Lipinski definition) is 7. The van der Waals surface area contributed by atoms with Crippen LogP contribution in [0.15, 0.2) is 34.9 Å². The number of aromatic nitrogens is 3.